The Kier molecular flexibility index (Phi) is 10.9. The van der Waals surface area contributed by atoms with Crippen molar-refractivity contribution in [2.75, 3.05) is 13.1 Å². The van der Waals surface area contributed by atoms with E-state index in [1.165, 1.54) is 28.1 Å². The van der Waals surface area contributed by atoms with E-state index < -0.39 is 0 Å². The number of hydrogen-bond acceptors (Lipinski definition) is 4. The summed E-state index contributed by atoms with van der Waals surface area (Å²) in [6.07, 6.45) is 22.2. The second kappa shape index (κ2) is 14.1. The first kappa shape index (κ1) is 28.6. The van der Waals surface area contributed by atoms with Crippen LogP contribution in [-0.4, -0.2) is 40.1 Å². The predicted molar refractivity (Wildman–Crippen MR) is 160 cm³/mol. The van der Waals surface area contributed by atoms with E-state index in [-0.39, 0.29) is 6.04 Å². The highest BCUT2D eigenvalue weighted by Gasteiger charge is 2.30. The molecule has 1 saturated heterocycles. The van der Waals surface area contributed by atoms with Crippen LogP contribution in [0.5, 0.6) is 0 Å². The highest BCUT2D eigenvalue weighted by molar-refractivity contribution is 5.56. The summed E-state index contributed by atoms with van der Waals surface area (Å²) in [6, 6.07) is 2.27. The lowest BCUT2D eigenvalue weighted by molar-refractivity contribution is 0.173. The Morgan fingerprint density at radius 1 is 1.30 bits per heavy atom. The van der Waals surface area contributed by atoms with Gasteiger partial charge in [0, 0.05) is 42.0 Å². The van der Waals surface area contributed by atoms with E-state index >= 15 is 0 Å². The molecule has 1 aromatic heterocycles. The summed E-state index contributed by atoms with van der Waals surface area (Å²) in [5, 5.41) is 0. The second-order valence-electron chi connectivity index (χ2n) is 10.2. The zero-order chi connectivity index (χ0) is 26.8. The quantitative estimate of drug-likeness (QED) is 0.229. The van der Waals surface area contributed by atoms with E-state index in [1.54, 1.807) is 0 Å². The molecule has 1 unspecified atom stereocenters. The van der Waals surface area contributed by atoms with Crippen molar-refractivity contribution in [2.24, 2.45) is 10.9 Å². The summed E-state index contributed by atoms with van der Waals surface area (Å²) in [5.74, 6) is 0.448. The smallest absolute Gasteiger partial charge is 0.0731 e. The molecule has 0 saturated carbocycles. The second-order valence-corrected chi connectivity index (χ2v) is 10.2. The van der Waals surface area contributed by atoms with Crippen LogP contribution in [0.4, 0.5) is 0 Å². The monoisotopic (exact) mass is 498 g/mol. The van der Waals surface area contributed by atoms with Gasteiger partial charge in [0.2, 0.25) is 0 Å². The van der Waals surface area contributed by atoms with Crippen molar-refractivity contribution in [2.45, 2.75) is 79.3 Å². The molecule has 1 aliphatic carbocycles. The third-order valence-corrected chi connectivity index (χ3v) is 7.60. The SMILES string of the molecule is C=C/C=C(\N=CC)C(C)N(C(=C)C1CCN(Cc2ccnc(C)c2/C=C\CC)CC1)C1=C(C)CCC=C1. The fraction of sp³-hybridized carbons (Fsp3) is 0.455. The van der Waals surface area contributed by atoms with Gasteiger partial charge in [0.15, 0.2) is 0 Å². The summed E-state index contributed by atoms with van der Waals surface area (Å²) in [4.78, 5) is 14.3. The van der Waals surface area contributed by atoms with E-state index in [4.69, 9.17) is 11.6 Å². The van der Waals surface area contributed by atoms with E-state index in [0.717, 1.165) is 63.1 Å². The molecule has 1 aromatic rings. The van der Waals surface area contributed by atoms with E-state index in [2.05, 4.69) is 79.4 Å². The van der Waals surface area contributed by atoms with Gasteiger partial charge in [0.25, 0.3) is 0 Å². The van der Waals surface area contributed by atoms with Gasteiger partial charge in [-0.1, -0.05) is 44.4 Å². The number of piperidine rings is 1. The molecule has 3 rings (SSSR count). The normalized spacial score (nSPS) is 18.7. The summed E-state index contributed by atoms with van der Waals surface area (Å²) in [6.45, 7) is 22.5. The van der Waals surface area contributed by atoms with Crippen LogP contribution in [0, 0.1) is 12.8 Å². The summed E-state index contributed by atoms with van der Waals surface area (Å²) < 4.78 is 0. The van der Waals surface area contributed by atoms with Gasteiger partial charge in [0.1, 0.15) is 0 Å². The zero-order valence-electron chi connectivity index (χ0n) is 23.7. The van der Waals surface area contributed by atoms with Crippen LogP contribution < -0.4 is 0 Å². The number of rotatable bonds is 11. The predicted octanol–water partition coefficient (Wildman–Crippen LogP) is 8.01. The molecule has 198 valence electrons. The van der Waals surface area contributed by atoms with Gasteiger partial charge in [-0.15, -0.1) is 0 Å². The zero-order valence-corrected chi connectivity index (χ0v) is 23.7. The molecule has 0 aromatic carbocycles. The average Bonchev–Trinajstić information content (AvgIpc) is 2.90. The molecule has 0 N–H and O–H groups in total. The molecule has 0 radical (unpaired) electrons. The molecule has 4 heteroatoms. The van der Waals surface area contributed by atoms with E-state index in [9.17, 15) is 0 Å². The van der Waals surface area contributed by atoms with Gasteiger partial charge in [-0.25, -0.2) is 0 Å². The minimum Gasteiger partial charge on any atom is -0.337 e. The Morgan fingerprint density at radius 2 is 2.05 bits per heavy atom. The average molecular weight is 499 g/mol. The Balaban J connectivity index is 1.78. The van der Waals surface area contributed by atoms with Crippen molar-refractivity contribution in [3.8, 4) is 0 Å². The van der Waals surface area contributed by atoms with Crippen molar-refractivity contribution in [1.29, 1.82) is 0 Å². The van der Waals surface area contributed by atoms with Crippen LogP contribution in [0.3, 0.4) is 0 Å². The molecule has 37 heavy (non-hydrogen) atoms. The fourth-order valence-electron chi connectivity index (χ4n) is 5.45. The maximum atomic E-state index is 4.70. The fourth-order valence-corrected chi connectivity index (χ4v) is 5.45. The molecule has 1 aliphatic heterocycles. The first-order valence-corrected chi connectivity index (χ1v) is 13.9. The van der Waals surface area contributed by atoms with Crippen molar-refractivity contribution in [1.82, 2.24) is 14.8 Å². The molecule has 0 spiro atoms. The molecular weight excluding hydrogens is 452 g/mol. The van der Waals surface area contributed by atoms with E-state index in [1.807, 2.05) is 31.5 Å². The topological polar surface area (TPSA) is 31.7 Å². The number of allylic oxidation sites excluding steroid dienone is 7. The van der Waals surface area contributed by atoms with Gasteiger partial charge in [-0.3, -0.25) is 14.9 Å². The largest absolute Gasteiger partial charge is 0.337 e. The third kappa shape index (κ3) is 7.29. The molecule has 2 heterocycles. The van der Waals surface area contributed by atoms with Gasteiger partial charge >= 0.3 is 0 Å². The standard InChI is InChI=1S/C33H46N4/c1-8-11-16-31-26(5)35-21-18-30(31)24-36-22-19-29(20-23-36)27(6)37(33-17-13-12-15-25(33)4)28(7)32(14-9-2)34-10-3/h9-11,13-14,16-18,21,28-29H,2,6,8,12,15,19-20,22-24H2,1,3-5,7H3/b16-11-,32-14-,34-10?. The number of aliphatic imine (C=N–C) groups is 1. The molecule has 4 nitrogen and oxygen atoms in total. The first-order valence-electron chi connectivity index (χ1n) is 13.9. The van der Waals surface area contributed by atoms with Crippen LogP contribution in [0.15, 0.2) is 83.5 Å². The van der Waals surface area contributed by atoms with Gasteiger partial charge < -0.3 is 4.90 Å². The Labute approximate surface area is 225 Å². The van der Waals surface area contributed by atoms with Crippen molar-refractivity contribution in [3.63, 3.8) is 0 Å². The lowest BCUT2D eigenvalue weighted by atomic mass is 9.90. The maximum Gasteiger partial charge on any atom is 0.0731 e. The molecule has 2 aliphatic rings. The molecular formula is C33H46N4. The summed E-state index contributed by atoms with van der Waals surface area (Å²) in [5.41, 5.74) is 8.68. The minimum absolute atomic E-state index is 0.0835. The Morgan fingerprint density at radius 3 is 2.70 bits per heavy atom. The van der Waals surface area contributed by atoms with Crippen LogP contribution in [0.2, 0.25) is 0 Å². The van der Waals surface area contributed by atoms with E-state index in [0.29, 0.717) is 5.92 Å². The lowest BCUT2D eigenvalue weighted by Gasteiger charge is -2.41. The number of pyridine rings is 1. The number of nitrogens with zero attached hydrogens (tertiary/aromatic N) is 4. The highest BCUT2D eigenvalue weighted by atomic mass is 15.2. The van der Waals surface area contributed by atoms with Gasteiger partial charge in [-0.2, -0.15) is 0 Å². The number of hydrogen-bond donors (Lipinski definition) is 0. The minimum atomic E-state index is 0.0835. The van der Waals surface area contributed by atoms with Gasteiger partial charge in [0.05, 0.1) is 11.7 Å². The van der Waals surface area contributed by atoms with Crippen molar-refractivity contribution >= 4 is 12.3 Å². The van der Waals surface area contributed by atoms with Crippen LogP contribution >= 0.6 is 0 Å². The van der Waals surface area contributed by atoms with Crippen molar-refractivity contribution < 1.29 is 0 Å². The lowest BCUT2D eigenvalue weighted by Crippen LogP contribution is -2.40. The summed E-state index contributed by atoms with van der Waals surface area (Å²) in [7, 11) is 0. The number of likely N-dealkylation sites (tertiary alicyclic amines) is 1. The highest BCUT2D eigenvalue weighted by Crippen LogP contribution is 2.35. The van der Waals surface area contributed by atoms with Crippen LogP contribution in [-0.2, 0) is 6.54 Å². The first-order chi connectivity index (χ1) is 17.9. The Hall–Kier alpha value is -2.98. The molecule has 1 fully saturated rings. The Bertz CT molecular complexity index is 1090. The third-order valence-electron chi connectivity index (χ3n) is 7.60. The molecule has 0 bridgehead atoms. The number of aromatic nitrogens is 1. The number of aryl methyl sites for hydroxylation is 1. The van der Waals surface area contributed by atoms with Crippen LogP contribution in [0.25, 0.3) is 6.08 Å². The molecule has 1 atom stereocenters. The van der Waals surface area contributed by atoms with Crippen molar-refractivity contribution in [3.05, 3.63) is 95.3 Å². The van der Waals surface area contributed by atoms with Crippen LogP contribution in [0.1, 0.15) is 76.6 Å². The summed E-state index contributed by atoms with van der Waals surface area (Å²) >= 11 is 0. The maximum absolute atomic E-state index is 4.70. The van der Waals surface area contributed by atoms with Gasteiger partial charge in [-0.05, 0) is 108 Å². The molecule has 0 amide bonds.